The van der Waals surface area contributed by atoms with Gasteiger partial charge in [-0.3, -0.25) is 9.59 Å². The maximum absolute atomic E-state index is 12.5. The van der Waals surface area contributed by atoms with Gasteiger partial charge >= 0.3 is 5.97 Å². The normalized spacial score (nSPS) is 12.2. The summed E-state index contributed by atoms with van der Waals surface area (Å²) in [5.74, 6) is -1.39. The molecule has 9 nitrogen and oxygen atoms in total. The number of H-pyrrole nitrogens is 1. The van der Waals surface area contributed by atoms with E-state index in [4.69, 9.17) is 4.74 Å². The van der Waals surface area contributed by atoms with Crippen LogP contribution in [0.1, 0.15) is 64.8 Å². The molecule has 1 atom stereocenters. The van der Waals surface area contributed by atoms with Crippen molar-refractivity contribution in [2.75, 3.05) is 6.26 Å². The smallest absolute Gasteiger partial charge is 0.317 e. The molecule has 0 aliphatic heterocycles. The standard InChI is InChI=1S/C25H29N3O6S/c1-4-6-22-26-14-21(27-22)23(25(30)31)17-9-11-19(12-10-17)34-15-18-8-7-16(5-2)13-20(18)24(29)28-35(3,32)33/h7-14,23H,4-6,15H2,1-3H3,(H,26,27)(H,28,29)(H,30,31). The number of carboxylic acids is 1. The van der Waals surface area contributed by atoms with Crippen molar-refractivity contribution in [2.45, 2.75) is 45.6 Å². The van der Waals surface area contributed by atoms with Crippen LogP contribution in [0, 0.1) is 0 Å². The lowest BCUT2D eigenvalue weighted by atomic mass is 9.96. The van der Waals surface area contributed by atoms with Crippen LogP contribution < -0.4 is 9.46 Å². The number of nitrogens with zero attached hydrogens (tertiary/aromatic N) is 1. The molecule has 3 N–H and O–H groups in total. The van der Waals surface area contributed by atoms with Crippen molar-refractivity contribution in [2.24, 2.45) is 0 Å². The van der Waals surface area contributed by atoms with Crippen LogP contribution in [0.2, 0.25) is 0 Å². The quantitative estimate of drug-likeness (QED) is 0.367. The van der Waals surface area contributed by atoms with Crippen molar-refractivity contribution in [3.8, 4) is 5.75 Å². The van der Waals surface area contributed by atoms with Crippen LogP contribution in [-0.2, 0) is 34.3 Å². The summed E-state index contributed by atoms with van der Waals surface area (Å²) in [6.07, 6.45) is 4.79. The molecule has 0 spiro atoms. The van der Waals surface area contributed by atoms with Crippen molar-refractivity contribution < 1.29 is 27.9 Å². The summed E-state index contributed by atoms with van der Waals surface area (Å²) >= 11 is 0. The second-order valence-corrected chi connectivity index (χ2v) is 9.96. The molecule has 0 saturated heterocycles. The average molecular weight is 500 g/mol. The monoisotopic (exact) mass is 499 g/mol. The minimum atomic E-state index is -3.72. The highest BCUT2D eigenvalue weighted by Gasteiger charge is 2.24. The molecule has 1 aromatic heterocycles. The molecular weight excluding hydrogens is 470 g/mol. The highest BCUT2D eigenvalue weighted by Crippen LogP contribution is 2.26. The number of carboxylic acid groups (broad SMARTS) is 1. The summed E-state index contributed by atoms with van der Waals surface area (Å²) in [7, 11) is -3.72. The Balaban J connectivity index is 1.77. The Morgan fingerprint density at radius 1 is 1.14 bits per heavy atom. The Morgan fingerprint density at radius 3 is 2.46 bits per heavy atom. The zero-order chi connectivity index (χ0) is 25.6. The van der Waals surface area contributed by atoms with E-state index in [0.29, 0.717) is 29.0 Å². The number of imidazole rings is 1. The van der Waals surface area contributed by atoms with Crippen LogP contribution >= 0.6 is 0 Å². The van der Waals surface area contributed by atoms with E-state index >= 15 is 0 Å². The second-order valence-electron chi connectivity index (χ2n) is 8.21. The van der Waals surface area contributed by atoms with Gasteiger partial charge in [-0.15, -0.1) is 0 Å². The molecule has 10 heteroatoms. The molecule has 1 heterocycles. The summed E-state index contributed by atoms with van der Waals surface area (Å²) in [5.41, 5.74) is 2.71. The highest BCUT2D eigenvalue weighted by atomic mass is 32.2. The number of rotatable bonds is 11. The van der Waals surface area contributed by atoms with E-state index < -0.39 is 27.8 Å². The number of nitrogens with one attached hydrogen (secondary N) is 2. The fraction of sp³-hybridized carbons (Fsp3) is 0.320. The molecule has 3 aromatic rings. The second kappa shape index (κ2) is 11.2. The molecular formula is C25H29N3O6S. The van der Waals surface area contributed by atoms with Crippen molar-refractivity contribution in [3.63, 3.8) is 0 Å². The predicted octanol–water partition coefficient (Wildman–Crippen LogP) is 3.41. The first-order valence-electron chi connectivity index (χ1n) is 11.2. The molecule has 0 bridgehead atoms. The van der Waals surface area contributed by atoms with Crippen molar-refractivity contribution in [1.82, 2.24) is 14.7 Å². The van der Waals surface area contributed by atoms with Gasteiger partial charge in [-0.05, 0) is 42.2 Å². The Hall–Kier alpha value is -3.66. The van der Waals surface area contributed by atoms with Gasteiger partial charge in [0.2, 0.25) is 10.0 Å². The lowest BCUT2D eigenvalue weighted by molar-refractivity contribution is -0.137. The van der Waals surface area contributed by atoms with Gasteiger partial charge in [0.1, 0.15) is 24.1 Å². The number of aromatic amines is 1. The summed E-state index contributed by atoms with van der Waals surface area (Å²) in [6, 6.07) is 11.9. The maximum Gasteiger partial charge on any atom is 0.317 e. The van der Waals surface area contributed by atoms with Gasteiger partial charge in [-0.1, -0.05) is 38.1 Å². The Morgan fingerprint density at radius 2 is 1.86 bits per heavy atom. The minimum Gasteiger partial charge on any atom is -0.489 e. The molecule has 0 fully saturated rings. The van der Waals surface area contributed by atoms with Gasteiger partial charge in [-0.2, -0.15) is 0 Å². The van der Waals surface area contributed by atoms with E-state index in [1.54, 1.807) is 42.6 Å². The van der Waals surface area contributed by atoms with Crippen molar-refractivity contribution in [3.05, 3.63) is 82.4 Å². The number of carbonyl (C=O) groups is 2. The number of hydrogen-bond donors (Lipinski definition) is 3. The van der Waals surface area contributed by atoms with Crippen LogP contribution in [0.25, 0.3) is 0 Å². The fourth-order valence-corrected chi connectivity index (χ4v) is 4.11. The number of benzene rings is 2. The number of sulfonamides is 1. The van der Waals surface area contributed by atoms with Crippen LogP contribution in [-0.4, -0.2) is 41.6 Å². The predicted molar refractivity (Wildman–Crippen MR) is 131 cm³/mol. The zero-order valence-electron chi connectivity index (χ0n) is 19.9. The molecule has 0 radical (unpaired) electrons. The molecule has 1 amide bonds. The van der Waals surface area contributed by atoms with Gasteiger partial charge < -0.3 is 14.8 Å². The maximum atomic E-state index is 12.5. The number of carbonyl (C=O) groups excluding carboxylic acids is 1. The molecule has 1 unspecified atom stereocenters. The lowest BCUT2D eigenvalue weighted by Gasteiger charge is -2.14. The highest BCUT2D eigenvalue weighted by molar-refractivity contribution is 7.89. The van der Waals surface area contributed by atoms with Crippen LogP contribution in [0.5, 0.6) is 5.75 Å². The third-order valence-electron chi connectivity index (χ3n) is 5.41. The Bertz CT molecular complexity index is 1300. The molecule has 35 heavy (non-hydrogen) atoms. The summed E-state index contributed by atoms with van der Waals surface area (Å²) < 4.78 is 30.9. The van der Waals surface area contributed by atoms with Crippen LogP contribution in [0.4, 0.5) is 0 Å². The van der Waals surface area contributed by atoms with E-state index in [2.05, 4.69) is 9.97 Å². The first-order chi connectivity index (χ1) is 16.6. The van der Waals surface area contributed by atoms with E-state index in [-0.39, 0.29) is 12.2 Å². The number of aliphatic carboxylic acids is 1. The van der Waals surface area contributed by atoms with Gasteiger partial charge in [0.25, 0.3) is 5.91 Å². The summed E-state index contributed by atoms with van der Waals surface area (Å²) in [5, 5.41) is 9.79. The van der Waals surface area contributed by atoms with Gasteiger partial charge in [0.05, 0.1) is 11.9 Å². The first-order valence-corrected chi connectivity index (χ1v) is 13.1. The van der Waals surface area contributed by atoms with Gasteiger partial charge in [0.15, 0.2) is 0 Å². The number of aryl methyl sites for hydroxylation is 2. The minimum absolute atomic E-state index is 0.0269. The first kappa shape index (κ1) is 26.0. The topological polar surface area (TPSA) is 138 Å². The molecule has 186 valence electrons. The van der Waals surface area contributed by atoms with Crippen molar-refractivity contribution >= 4 is 21.9 Å². The largest absolute Gasteiger partial charge is 0.489 e. The Labute approximate surface area is 204 Å². The lowest BCUT2D eigenvalue weighted by Crippen LogP contribution is -2.30. The Kier molecular flexibility index (Phi) is 8.29. The number of aromatic nitrogens is 2. The van der Waals surface area contributed by atoms with E-state index in [1.165, 1.54) is 0 Å². The van der Waals surface area contributed by atoms with Crippen molar-refractivity contribution in [1.29, 1.82) is 0 Å². The molecule has 2 aromatic carbocycles. The third kappa shape index (κ3) is 6.92. The third-order valence-corrected chi connectivity index (χ3v) is 5.96. The van der Waals surface area contributed by atoms with Crippen LogP contribution in [0.3, 0.4) is 0 Å². The van der Waals surface area contributed by atoms with Crippen LogP contribution in [0.15, 0.2) is 48.7 Å². The average Bonchev–Trinajstić information content (AvgIpc) is 3.25. The van der Waals surface area contributed by atoms with E-state index in [9.17, 15) is 23.1 Å². The van der Waals surface area contributed by atoms with E-state index in [0.717, 1.165) is 30.5 Å². The molecule has 0 aliphatic rings. The number of ether oxygens (including phenoxy) is 1. The number of amides is 1. The molecule has 0 aliphatic carbocycles. The molecule has 3 rings (SSSR count). The van der Waals surface area contributed by atoms with Gasteiger partial charge in [-0.25, -0.2) is 18.1 Å². The number of hydrogen-bond acceptors (Lipinski definition) is 6. The van der Waals surface area contributed by atoms with Gasteiger partial charge in [0, 0.05) is 23.7 Å². The zero-order valence-corrected chi connectivity index (χ0v) is 20.7. The SMILES string of the molecule is CCCc1ncc(C(C(=O)O)c2ccc(OCc3ccc(CC)cc3C(=O)NS(C)(=O)=O)cc2)[nH]1. The van der Waals surface area contributed by atoms with E-state index in [1.807, 2.05) is 24.6 Å². The summed E-state index contributed by atoms with van der Waals surface area (Å²) in [6.45, 7) is 3.98. The summed E-state index contributed by atoms with van der Waals surface area (Å²) in [4.78, 5) is 31.8. The fourth-order valence-electron chi connectivity index (χ4n) is 3.67. The molecule has 0 saturated carbocycles.